The summed E-state index contributed by atoms with van der Waals surface area (Å²) in [5, 5.41) is 9.20. The summed E-state index contributed by atoms with van der Waals surface area (Å²) in [6, 6.07) is 2.69. The molecule has 0 bridgehead atoms. The van der Waals surface area contributed by atoms with E-state index in [1.807, 2.05) is 0 Å². The lowest BCUT2D eigenvalue weighted by Crippen LogP contribution is -2.19. The smallest absolute Gasteiger partial charge is 0.341 e. The first-order valence-corrected chi connectivity index (χ1v) is 6.77. The highest BCUT2D eigenvalue weighted by Crippen LogP contribution is 2.38. The molecule has 118 valence electrons. The number of carbonyl (C=O) groups is 1. The van der Waals surface area contributed by atoms with Gasteiger partial charge in [0.2, 0.25) is 5.43 Å². The molecule has 5 nitrogen and oxygen atoms in total. The van der Waals surface area contributed by atoms with Gasteiger partial charge >= 0.3 is 5.97 Å². The van der Waals surface area contributed by atoms with Crippen LogP contribution in [-0.4, -0.2) is 22.2 Å². The molecule has 3 rings (SSSR count). The molecule has 7 heteroatoms. The highest BCUT2D eigenvalue weighted by atomic mass is 35.5. The summed E-state index contributed by atoms with van der Waals surface area (Å²) in [6.45, 7) is 2.05. The van der Waals surface area contributed by atoms with Crippen LogP contribution in [0.2, 0.25) is 0 Å². The molecule has 0 amide bonds. The highest BCUT2D eigenvalue weighted by molar-refractivity contribution is 5.93. The monoisotopic (exact) mass is 327 g/mol. The van der Waals surface area contributed by atoms with Gasteiger partial charge in [0.1, 0.15) is 5.56 Å². The van der Waals surface area contributed by atoms with E-state index in [1.165, 1.54) is 12.3 Å². The van der Waals surface area contributed by atoms with Gasteiger partial charge in [-0.05, 0) is 25.8 Å². The first kappa shape index (κ1) is 16.3. The number of aromatic nitrogens is 1. The lowest BCUT2D eigenvalue weighted by molar-refractivity contribution is 0.0695. The molecule has 1 aliphatic rings. The van der Waals surface area contributed by atoms with Crippen molar-refractivity contribution in [3.8, 4) is 5.75 Å². The molecule has 2 aromatic rings. The number of rotatable bonds is 4. The van der Waals surface area contributed by atoms with Crippen LogP contribution >= 0.6 is 12.4 Å². The summed E-state index contributed by atoms with van der Waals surface area (Å²) < 4.78 is 20.9. The predicted octanol–water partition coefficient (Wildman–Crippen LogP) is 2.99. The van der Waals surface area contributed by atoms with Gasteiger partial charge in [-0.1, -0.05) is 0 Å². The number of halogens is 2. The second kappa shape index (κ2) is 5.96. The first-order valence-electron chi connectivity index (χ1n) is 6.77. The zero-order valence-electron chi connectivity index (χ0n) is 11.8. The number of pyridine rings is 1. The fraction of sp³-hybridized carbons (Fsp3) is 0.333. The summed E-state index contributed by atoms with van der Waals surface area (Å²) in [4.78, 5) is 23.4. The van der Waals surface area contributed by atoms with Crippen LogP contribution in [0.5, 0.6) is 5.75 Å². The van der Waals surface area contributed by atoms with Crippen molar-refractivity contribution in [1.82, 2.24) is 4.57 Å². The van der Waals surface area contributed by atoms with Crippen LogP contribution in [0.1, 0.15) is 36.2 Å². The number of carboxylic acids is 1. The molecule has 1 fully saturated rings. The third kappa shape index (κ3) is 2.66. The van der Waals surface area contributed by atoms with Crippen LogP contribution in [0, 0.1) is 5.82 Å². The first-order chi connectivity index (χ1) is 10.0. The van der Waals surface area contributed by atoms with Crippen molar-refractivity contribution in [2.75, 3.05) is 6.61 Å². The van der Waals surface area contributed by atoms with Crippen molar-refractivity contribution in [3.05, 3.63) is 39.9 Å². The van der Waals surface area contributed by atoms with Crippen molar-refractivity contribution >= 4 is 29.3 Å². The molecule has 0 unspecified atom stereocenters. The molecule has 1 aliphatic carbocycles. The molecular weight excluding hydrogens is 313 g/mol. The fourth-order valence-corrected chi connectivity index (χ4v) is 2.42. The minimum Gasteiger partial charge on any atom is -0.491 e. The Kier molecular flexibility index (Phi) is 4.42. The molecule has 1 saturated carbocycles. The maximum absolute atomic E-state index is 13.9. The zero-order valence-corrected chi connectivity index (χ0v) is 12.7. The van der Waals surface area contributed by atoms with Crippen LogP contribution < -0.4 is 10.2 Å². The molecule has 1 aromatic carbocycles. The molecule has 1 heterocycles. The second-order valence-electron chi connectivity index (χ2n) is 5.05. The van der Waals surface area contributed by atoms with E-state index in [9.17, 15) is 14.0 Å². The van der Waals surface area contributed by atoms with Crippen molar-refractivity contribution in [2.45, 2.75) is 25.8 Å². The summed E-state index contributed by atoms with van der Waals surface area (Å²) in [7, 11) is 0. The number of nitrogens with zero attached hydrogens (tertiary/aromatic N) is 1. The lowest BCUT2D eigenvalue weighted by Gasteiger charge is -2.13. The van der Waals surface area contributed by atoms with Crippen LogP contribution in [0.3, 0.4) is 0 Å². The van der Waals surface area contributed by atoms with Crippen LogP contribution in [0.25, 0.3) is 10.9 Å². The Labute approximate surface area is 131 Å². The highest BCUT2D eigenvalue weighted by Gasteiger charge is 2.27. The minimum atomic E-state index is -1.30. The van der Waals surface area contributed by atoms with Gasteiger partial charge in [0, 0.05) is 23.7 Å². The molecular formula is C15H15ClFNO4. The molecule has 0 spiro atoms. The van der Waals surface area contributed by atoms with Gasteiger partial charge in [0.05, 0.1) is 12.1 Å². The van der Waals surface area contributed by atoms with Crippen molar-refractivity contribution < 1.29 is 19.0 Å². The quantitative estimate of drug-likeness (QED) is 0.937. The number of fused-ring (bicyclic) bond motifs is 1. The number of aromatic carboxylic acids is 1. The van der Waals surface area contributed by atoms with Crippen molar-refractivity contribution in [3.63, 3.8) is 0 Å². The van der Waals surface area contributed by atoms with E-state index in [0.29, 0.717) is 12.1 Å². The Morgan fingerprint density at radius 3 is 2.68 bits per heavy atom. The Bertz CT molecular complexity index is 798. The van der Waals surface area contributed by atoms with Crippen molar-refractivity contribution in [1.29, 1.82) is 0 Å². The standard InChI is InChI=1S/C15H14FNO4.ClH/c1-2-21-13-6-12-9(5-11(13)16)14(18)10(15(19)20)7-17(12)8-3-4-8;/h5-8H,2-4H2,1H3,(H,19,20);1H. The number of hydrogen-bond donors (Lipinski definition) is 1. The van der Waals surface area contributed by atoms with Crippen LogP contribution in [-0.2, 0) is 0 Å². The van der Waals surface area contributed by atoms with Gasteiger partial charge in [-0.3, -0.25) is 4.79 Å². The lowest BCUT2D eigenvalue weighted by atomic mass is 10.1. The van der Waals surface area contributed by atoms with Gasteiger partial charge in [-0.25, -0.2) is 9.18 Å². The topological polar surface area (TPSA) is 68.5 Å². The number of carboxylic acid groups (broad SMARTS) is 1. The van der Waals surface area contributed by atoms with E-state index < -0.39 is 17.2 Å². The third-order valence-electron chi connectivity index (χ3n) is 3.56. The van der Waals surface area contributed by atoms with Gasteiger partial charge in [-0.15, -0.1) is 12.4 Å². The maximum atomic E-state index is 13.9. The maximum Gasteiger partial charge on any atom is 0.341 e. The molecule has 1 N–H and O–H groups in total. The SMILES string of the molecule is CCOc1cc2c(cc1F)c(=O)c(C(=O)O)cn2C1CC1.Cl. The Morgan fingerprint density at radius 2 is 2.14 bits per heavy atom. The Balaban J connectivity index is 0.00000176. The second-order valence-corrected chi connectivity index (χ2v) is 5.05. The minimum absolute atomic E-state index is 0. The van der Waals surface area contributed by atoms with E-state index in [-0.39, 0.29) is 35.1 Å². The molecule has 0 radical (unpaired) electrons. The normalized spacial score (nSPS) is 13.7. The third-order valence-corrected chi connectivity index (χ3v) is 3.56. The van der Waals surface area contributed by atoms with Crippen LogP contribution in [0.4, 0.5) is 4.39 Å². The van der Waals surface area contributed by atoms with Gasteiger partial charge in [0.15, 0.2) is 11.6 Å². The Morgan fingerprint density at radius 1 is 1.45 bits per heavy atom. The van der Waals surface area contributed by atoms with Gasteiger partial charge < -0.3 is 14.4 Å². The molecule has 0 aliphatic heterocycles. The number of benzene rings is 1. The number of hydrogen-bond acceptors (Lipinski definition) is 3. The van der Waals surface area contributed by atoms with E-state index in [1.54, 1.807) is 11.5 Å². The summed E-state index contributed by atoms with van der Waals surface area (Å²) in [5.41, 5.74) is -0.494. The van der Waals surface area contributed by atoms with Crippen molar-refractivity contribution in [2.24, 2.45) is 0 Å². The van der Waals surface area contributed by atoms with E-state index in [4.69, 9.17) is 9.84 Å². The fourth-order valence-electron chi connectivity index (χ4n) is 2.42. The average Bonchev–Trinajstić information content (AvgIpc) is 3.25. The molecule has 0 saturated heterocycles. The summed E-state index contributed by atoms with van der Waals surface area (Å²) >= 11 is 0. The summed E-state index contributed by atoms with van der Waals surface area (Å²) in [5.74, 6) is -1.89. The number of ether oxygens (including phenoxy) is 1. The van der Waals surface area contributed by atoms with Gasteiger partial charge in [-0.2, -0.15) is 0 Å². The average molecular weight is 328 g/mol. The predicted molar refractivity (Wildman–Crippen MR) is 81.8 cm³/mol. The summed E-state index contributed by atoms with van der Waals surface area (Å²) in [6.07, 6.45) is 3.18. The molecule has 22 heavy (non-hydrogen) atoms. The van der Waals surface area contributed by atoms with Crippen LogP contribution in [0.15, 0.2) is 23.1 Å². The van der Waals surface area contributed by atoms with Gasteiger partial charge in [0.25, 0.3) is 0 Å². The van der Waals surface area contributed by atoms with E-state index >= 15 is 0 Å². The molecule has 1 aromatic heterocycles. The molecule has 0 atom stereocenters. The van der Waals surface area contributed by atoms with E-state index in [0.717, 1.165) is 18.9 Å². The Hall–Kier alpha value is -2.08. The largest absolute Gasteiger partial charge is 0.491 e. The zero-order chi connectivity index (χ0) is 15.1. The van der Waals surface area contributed by atoms with E-state index in [2.05, 4.69) is 0 Å².